The minimum atomic E-state index is -3.91. The molecule has 2 aromatic rings. The number of nitrogens with zero attached hydrogens (tertiary/aromatic N) is 1. The Hall–Kier alpha value is -2.66. The lowest BCUT2D eigenvalue weighted by molar-refractivity contribution is 0.0254. The lowest BCUT2D eigenvalue weighted by Gasteiger charge is -2.52. The highest BCUT2D eigenvalue weighted by molar-refractivity contribution is 7.94. The average molecular weight is 455 g/mol. The van der Waals surface area contributed by atoms with Gasteiger partial charge in [-0.05, 0) is 38.5 Å². The van der Waals surface area contributed by atoms with Crippen LogP contribution in [0.2, 0.25) is 0 Å². The molecule has 2 saturated heterocycles. The molecule has 0 spiro atoms. The molecular formula is C20H20F3N3O4S. The van der Waals surface area contributed by atoms with Gasteiger partial charge in [-0.3, -0.25) is 5.41 Å². The molecule has 2 N–H and O–H groups in total. The van der Waals surface area contributed by atoms with Crippen molar-refractivity contribution in [2.24, 2.45) is 0 Å². The lowest BCUT2D eigenvalue weighted by Crippen LogP contribution is -2.72. The van der Waals surface area contributed by atoms with Crippen molar-refractivity contribution < 1.29 is 31.1 Å². The minimum absolute atomic E-state index is 0.0383. The molecule has 0 bridgehead atoms. The van der Waals surface area contributed by atoms with Crippen molar-refractivity contribution in [3.8, 4) is 11.6 Å². The maximum atomic E-state index is 15.0. The van der Waals surface area contributed by atoms with Crippen molar-refractivity contribution >= 4 is 15.7 Å². The highest BCUT2D eigenvalue weighted by Gasteiger charge is 2.61. The maximum Gasteiger partial charge on any atom is 0.256 e. The topological polar surface area (TPSA) is 101 Å². The molecule has 0 saturated carbocycles. The molecule has 2 aliphatic heterocycles. The molecule has 0 amide bonds. The summed E-state index contributed by atoms with van der Waals surface area (Å²) in [6.07, 6.45) is 0.871. The van der Waals surface area contributed by atoms with Gasteiger partial charge in [-0.1, -0.05) is 0 Å². The van der Waals surface area contributed by atoms with Crippen LogP contribution in [0, 0.1) is 22.9 Å². The van der Waals surface area contributed by atoms with E-state index in [9.17, 15) is 17.2 Å². The molecule has 0 radical (unpaired) electrons. The fourth-order valence-electron chi connectivity index (χ4n) is 3.99. The Morgan fingerprint density at radius 2 is 1.97 bits per heavy atom. The van der Waals surface area contributed by atoms with Crippen molar-refractivity contribution in [1.82, 2.24) is 10.3 Å². The number of rotatable bonds is 3. The summed E-state index contributed by atoms with van der Waals surface area (Å²) in [4.78, 5) is 3.54. The molecule has 2 aliphatic rings. The minimum Gasteiger partial charge on any atom is -0.436 e. The van der Waals surface area contributed by atoms with Crippen LogP contribution >= 0.6 is 0 Å². The molecule has 1 aromatic heterocycles. The quantitative estimate of drug-likeness (QED) is 0.738. The molecule has 11 heteroatoms. The van der Waals surface area contributed by atoms with Gasteiger partial charge >= 0.3 is 0 Å². The summed E-state index contributed by atoms with van der Waals surface area (Å²) in [5.74, 6) is -3.53. The second-order valence-corrected chi connectivity index (χ2v) is 10.7. The first-order chi connectivity index (χ1) is 14.5. The Balaban J connectivity index is 1.82. The molecule has 4 rings (SSSR count). The largest absolute Gasteiger partial charge is 0.436 e. The molecule has 0 unspecified atom stereocenters. The lowest BCUT2D eigenvalue weighted by atomic mass is 9.82. The molecule has 7 nitrogen and oxygen atoms in total. The van der Waals surface area contributed by atoms with Crippen LogP contribution in [0.5, 0.6) is 11.6 Å². The van der Waals surface area contributed by atoms with Gasteiger partial charge in [-0.2, -0.15) is 0 Å². The average Bonchev–Trinajstić information content (AvgIpc) is 2.70. The Morgan fingerprint density at radius 3 is 2.68 bits per heavy atom. The predicted octanol–water partition coefficient (Wildman–Crippen LogP) is 3.05. The van der Waals surface area contributed by atoms with Gasteiger partial charge < -0.3 is 14.8 Å². The van der Waals surface area contributed by atoms with Gasteiger partial charge in [-0.15, -0.1) is 0 Å². The molecule has 3 heterocycles. The highest BCUT2D eigenvalue weighted by Crippen LogP contribution is 2.45. The number of pyridine rings is 1. The number of hydrogen-bond acceptors (Lipinski definition) is 6. The Labute approximate surface area is 177 Å². The second kappa shape index (κ2) is 7.20. The van der Waals surface area contributed by atoms with E-state index in [1.54, 1.807) is 0 Å². The van der Waals surface area contributed by atoms with E-state index >= 15 is 4.39 Å². The van der Waals surface area contributed by atoms with E-state index in [-0.39, 0.29) is 36.8 Å². The van der Waals surface area contributed by atoms with Crippen LogP contribution in [0.1, 0.15) is 25.8 Å². The van der Waals surface area contributed by atoms with Gasteiger partial charge in [0.05, 0.1) is 18.1 Å². The third-order valence-corrected chi connectivity index (χ3v) is 8.86. The third-order valence-electron chi connectivity index (χ3n) is 5.85. The first-order valence-electron chi connectivity index (χ1n) is 9.46. The summed E-state index contributed by atoms with van der Waals surface area (Å²) >= 11 is 0. The third kappa shape index (κ3) is 3.26. The van der Waals surface area contributed by atoms with Crippen molar-refractivity contribution in [2.45, 2.75) is 35.8 Å². The number of halogens is 3. The van der Waals surface area contributed by atoms with Gasteiger partial charge in [-0.25, -0.2) is 26.6 Å². The fourth-order valence-corrected chi connectivity index (χ4v) is 6.22. The Morgan fingerprint density at radius 1 is 1.23 bits per heavy atom. The van der Waals surface area contributed by atoms with Crippen molar-refractivity contribution in [1.29, 1.82) is 5.41 Å². The Bertz CT molecular complexity index is 1170. The standard InChI is InChI=1S/C20H20F3N3O4S/c1-19(2)18(24)26-20(10-29-6-5-16(20)31(19,27)28)13-8-12(3-4-14(13)22)30-17-15(23)7-11(21)9-25-17/h3-4,7-9,16H,5-6,10H2,1-2H3,(H2,24,26)/t16-,20-/m1/s1. The van der Waals surface area contributed by atoms with Gasteiger partial charge in [0.15, 0.2) is 15.7 Å². The predicted molar refractivity (Wildman–Crippen MR) is 105 cm³/mol. The van der Waals surface area contributed by atoms with E-state index in [1.807, 2.05) is 0 Å². The summed E-state index contributed by atoms with van der Waals surface area (Å²) in [5.41, 5.74) is -1.66. The first-order valence-corrected chi connectivity index (χ1v) is 11.0. The van der Waals surface area contributed by atoms with Crippen LogP contribution < -0.4 is 10.1 Å². The van der Waals surface area contributed by atoms with Crippen LogP contribution in [-0.2, 0) is 20.1 Å². The zero-order chi connectivity index (χ0) is 22.6. The number of benzene rings is 1. The van der Waals surface area contributed by atoms with E-state index < -0.39 is 48.7 Å². The van der Waals surface area contributed by atoms with Crippen molar-refractivity contribution in [2.75, 3.05) is 13.2 Å². The normalized spacial score (nSPS) is 26.6. The number of nitrogens with one attached hydrogen (secondary N) is 2. The molecular weight excluding hydrogens is 435 g/mol. The van der Waals surface area contributed by atoms with E-state index in [2.05, 4.69) is 10.3 Å². The summed E-state index contributed by atoms with van der Waals surface area (Å²) in [5, 5.41) is 10.1. The van der Waals surface area contributed by atoms with Crippen molar-refractivity contribution in [3.63, 3.8) is 0 Å². The second-order valence-electron chi connectivity index (χ2n) is 8.04. The van der Waals surface area contributed by atoms with E-state index in [4.69, 9.17) is 14.9 Å². The number of sulfone groups is 1. The number of fused-ring (bicyclic) bond motifs is 1. The smallest absolute Gasteiger partial charge is 0.256 e. The molecule has 1 aromatic carbocycles. The monoisotopic (exact) mass is 455 g/mol. The number of aromatic nitrogens is 1. The first kappa shape index (κ1) is 21.6. The highest BCUT2D eigenvalue weighted by atomic mass is 32.2. The van der Waals surface area contributed by atoms with E-state index in [0.717, 1.165) is 12.3 Å². The van der Waals surface area contributed by atoms with Crippen LogP contribution in [0.4, 0.5) is 13.2 Å². The number of hydrogen-bond donors (Lipinski definition) is 2. The molecule has 2 fully saturated rings. The summed E-state index contributed by atoms with van der Waals surface area (Å²) in [7, 11) is -3.91. The Kier molecular flexibility index (Phi) is 5.01. The molecule has 2 atom stereocenters. The zero-order valence-electron chi connectivity index (χ0n) is 16.7. The van der Waals surface area contributed by atoms with Crippen LogP contribution in [0.15, 0.2) is 30.5 Å². The van der Waals surface area contributed by atoms with Crippen LogP contribution in [0.25, 0.3) is 0 Å². The van der Waals surface area contributed by atoms with Gasteiger partial charge in [0.25, 0.3) is 5.88 Å². The van der Waals surface area contributed by atoms with E-state index in [1.165, 1.54) is 26.0 Å². The van der Waals surface area contributed by atoms with Crippen LogP contribution in [0.3, 0.4) is 0 Å². The molecule has 0 aliphatic carbocycles. The van der Waals surface area contributed by atoms with Gasteiger partial charge in [0, 0.05) is 18.2 Å². The molecule has 166 valence electrons. The summed E-state index contributed by atoms with van der Waals surface area (Å²) < 4.78 is 78.1. The fraction of sp³-hybridized carbons (Fsp3) is 0.400. The van der Waals surface area contributed by atoms with Crippen LogP contribution in [-0.4, -0.2) is 42.4 Å². The van der Waals surface area contributed by atoms with Gasteiger partial charge in [0.2, 0.25) is 0 Å². The molecule has 31 heavy (non-hydrogen) atoms. The number of amidine groups is 1. The van der Waals surface area contributed by atoms with E-state index in [0.29, 0.717) is 6.07 Å². The summed E-state index contributed by atoms with van der Waals surface area (Å²) in [6, 6.07) is 4.07. The maximum absolute atomic E-state index is 15.0. The van der Waals surface area contributed by atoms with Gasteiger partial charge in [0.1, 0.15) is 33.5 Å². The number of ether oxygens (including phenoxy) is 2. The zero-order valence-corrected chi connectivity index (χ0v) is 17.5. The SMILES string of the molecule is CC1(C)C(=N)N[C@@]2(c3cc(Oc4ncc(F)cc4F)ccc3F)COCC[C@H]2S1(=O)=O. The summed E-state index contributed by atoms with van der Waals surface area (Å²) in [6.45, 7) is 2.82. The van der Waals surface area contributed by atoms with Crippen molar-refractivity contribution in [3.05, 3.63) is 53.5 Å².